The third-order valence-electron chi connectivity index (χ3n) is 2.55. The van der Waals surface area contributed by atoms with Crippen molar-refractivity contribution < 1.29 is 9.53 Å². The number of esters is 1. The van der Waals surface area contributed by atoms with E-state index in [9.17, 15) is 4.79 Å². The molecule has 5 nitrogen and oxygen atoms in total. The minimum atomic E-state index is -0.440. The quantitative estimate of drug-likeness (QED) is 0.852. The Hall–Kier alpha value is -1.31. The van der Waals surface area contributed by atoms with Gasteiger partial charge in [0.05, 0.1) is 17.5 Å². The number of nitrogens with two attached hydrogens (primary N) is 1. The topological polar surface area (TPSA) is 68.5 Å². The Morgan fingerprint density at radius 1 is 1.55 bits per heavy atom. The normalized spacial score (nSPS) is 10.6. The Labute approximate surface area is 130 Å². The van der Waals surface area contributed by atoms with Crippen LogP contribution in [-0.4, -0.2) is 24.0 Å². The van der Waals surface area contributed by atoms with E-state index in [1.54, 1.807) is 6.92 Å². The number of nitrogens with zero attached hydrogens (tertiary/aromatic N) is 2. The zero-order chi connectivity index (χ0) is 14.7. The maximum absolute atomic E-state index is 11.9. The molecule has 0 aromatic carbocycles. The third-order valence-corrected chi connectivity index (χ3v) is 4.74. The maximum atomic E-state index is 11.9. The lowest BCUT2D eigenvalue weighted by molar-refractivity contribution is 0.0528. The SMILES string of the molecule is CCOC(=O)c1c(N)nsc1N(C)Cc1ccc(Cl)s1. The summed E-state index contributed by atoms with van der Waals surface area (Å²) in [5.41, 5.74) is 6.10. The molecule has 0 aliphatic carbocycles. The summed E-state index contributed by atoms with van der Waals surface area (Å²) in [7, 11) is 1.88. The summed E-state index contributed by atoms with van der Waals surface area (Å²) < 4.78 is 9.80. The van der Waals surface area contributed by atoms with Gasteiger partial charge in [-0.05, 0) is 30.6 Å². The molecule has 0 saturated carbocycles. The molecule has 0 saturated heterocycles. The first-order valence-corrected chi connectivity index (χ1v) is 7.87. The Balaban J connectivity index is 2.21. The van der Waals surface area contributed by atoms with Crippen LogP contribution in [0.25, 0.3) is 0 Å². The summed E-state index contributed by atoms with van der Waals surface area (Å²) in [6.45, 7) is 2.69. The highest BCUT2D eigenvalue weighted by atomic mass is 35.5. The van der Waals surface area contributed by atoms with Gasteiger partial charge in [0.1, 0.15) is 10.6 Å². The van der Waals surface area contributed by atoms with E-state index in [2.05, 4.69) is 4.37 Å². The Kier molecular flexibility index (Phi) is 4.85. The first-order valence-electron chi connectivity index (χ1n) is 5.90. The lowest BCUT2D eigenvalue weighted by Gasteiger charge is -2.17. The van der Waals surface area contributed by atoms with Crippen molar-refractivity contribution in [3.8, 4) is 0 Å². The first kappa shape index (κ1) is 15.1. The fourth-order valence-electron chi connectivity index (χ4n) is 1.69. The average molecular weight is 332 g/mol. The van der Waals surface area contributed by atoms with Crippen LogP contribution in [0, 0.1) is 0 Å². The lowest BCUT2D eigenvalue weighted by Crippen LogP contribution is -2.18. The highest BCUT2D eigenvalue weighted by Crippen LogP contribution is 2.32. The van der Waals surface area contributed by atoms with Crippen molar-refractivity contribution >= 4 is 51.3 Å². The minimum Gasteiger partial charge on any atom is -0.462 e. The molecule has 2 rings (SSSR count). The van der Waals surface area contributed by atoms with E-state index in [0.717, 1.165) is 9.21 Å². The van der Waals surface area contributed by atoms with Gasteiger partial charge in [0.2, 0.25) is 0 Å². The highest BCUT2D eigenvalue weighted by Gasteiger charge is 2.23. The summed E-state index contributed by atoms with van der Waals surface area (Å²) in [6, 6.07) is 3.81. The predicted octanol–water partition coefficient (Wildman–Crippen LogP) is 3.25. The van der Waals surface area contributed by atoms with Crippen molar-refractivity contribution in [1.82, 2.24) is 4.37 Å². The van der Waals surface area contributed by atoms with Crippen molar-refractivity contribution in [2.24, 2.45) is 0 Å². The largest absolute Gasteiger partial charge is 0.462 e. The fraction of sp³-hybridized carbons (Fsp3) is 0.333. The number of halogens is 1. The van der Waals surface area contributed by atoms with Crippen LogP contribution in [0.15, 0.2) is 12.1 Å². The second-order valence-electron chi connectivity index (χ2n) is 4.03. The summed E-state index contributed by atoms with van der Waals surface area (Å²) in [5, 5.41) is 0.700. The van der Waals surface area contributed by atoms with E-state index in [1.807, 2.05) is 24.1 Å². The van der Waals surface area contributed by atoms with Gasteiger partial charge in [-0.1, -0.05) is 11.6 Å². The summed E-state index contributed by atoms with van der Waals surface area (Å²) in [6.07, 6.45) is 0. The molecule has 0 bridgehead atoms. The molecule has 0 radical (unpaired) electrons. The second kappa shape index (κ2) is 6.43. The van der Waals surface area contributed by atoms with Gasteiger partial charge in [0.25, 0.3) is 0 Å². The third kappa shape index (κ3) is 3.23. The van der Waals surface area contributed by atoms with E-state index >= 15 is 0 Å². The van der Waals surface area contributed by atoms with Crippen LogP contribution in [0.2, 0.25) is 4.34 Å². The van der Waals surface area contributed by atoms with Gasteiger partial charge in [0.15, 0.2) is 5.82 Å². The molecule has 0 amide bonds. The van der Waals surface area contributed by atoms with Crippen LogP contribution in [0.4, 0.5) is 10.8 Å². The van der Waals surface area contributed by atoms with Gasteiger partial charge < -0.3 is 15.4 Å². The number of thiophene rings is 1. The number of hydrogen-bond donors (Lipinski definition) is 1. The monoisotopic (exact) mass is 331 g/mol. The van der Waals surface area contributed by atoms with Gasteiger partial charge in [-0.25, -0.2) is 4.79 Å². The Bertz CT molecular complexity index is 612. The van der Waals surface area contributed by atoms with E-state index in [-0.39, 0.29) is 5.82 Å². The number of ether oxygens (including phenoxy) is 1. The minimum absolute atomic E-state index is 0.208. The van der Waals surface area contributed by atoms with Crippen molar-refractivity contribution in [1.29, 1.82) is 0 Å². The van der Waals surface area contributed by atoms with Crippen LogP contribution in [0.3, 0.4) is 0 Å². The maximum Gasteiger partial charge on any atom is 0.345 e. The average Bonchev–Trinajstić information content (AvgIpc) is 2.96. The number of nitrogen functional groups attached to an aromatic ring is 1. The Morgan fingerprint density at radius 3 is 2.90 bits per heavy atom. The van der Waals surface area contributed by atoms with Crippen LogP contribution in [0.1, 0.15) is 22.2 Å². The van der Waals surface area contributed by atoms with Gasteiger partial charge in [-0.2, -0.15) is 4.37 Å². The summed E-state index contributed by atoms with van der Waals surface area (Å²) >= 11 is 8.60. The zero-order valence-corrected chi connectivity index (χ0v) is 13.4. The number of aromatic nitrogens is 1. The smallest absolute Gasteiger partial charge is 0.345 e. The van der Waals surface area contributed by atoms with Gasteiger partial charge in [-0.3, -0.25) is 0 Å². The zero-order valence-electron chi connectivity index (χ0n) is 11.1. The van der Waals surface area contributed by atoms with Gasteiger partial charge >= 0.3 is 5.97 Å². The molecule has 0 unspecified atom stereocenters. The van der Waals surface area contributed by atoms with E-state index in [4.69, 9.17) is 22.1 Å². The van der Waals surface area contributed by atoms with E-state index in [0.29, 0.717) is 23.7 Å². The number of carbonyl (C=O) groups excluding carboxylic acids is 1. The Morgan fingerprint density at radius 2 is 2.30 bits per heavy atom. The van der Waals surface area contributed by atoms with Crippen LogP contribution >= 0.6 is 34.5 Å². The lowest BCUT2D eigenvalue weighted by atomic mass is 10.3. The van der Waals surface area contributed by atoms with Crippen LogP contribution in [0.5, 0.6) is 0 Å². The number of anilines is 2. The highest BCUT2D eigenvalue weighted by molar-refractivity contribution is 7.16. The number of hydrogen-bond acceptors (Lipinski definition) is 7. The number of carbonyl (C=O) groups is 1. The molecule has 0 spiro atoms. The van der Waals surface area contributed by atoms with Crippen molar-refractivity contribution in [3.05, 3.63) is 26.9 Å². The fourth-order valence-corrected chi connectivity index (χ4v) is 3.59. The molecule has 2 heterocycles. The van der Waals surface area contributed by atoms with Gasteiger partial charge in [0, 0.05) is 11.9 Å². The molecule has 20 heavy (non-hydrogen) atoms. The first-order chi connectivity index (χ1) is 9.52. The van der Waals surface area contributed by atoms with E-state index in [1.165, 1.54) is 22.9 Å². The molecule has 0 aliphatic rings. The standard InChI is InChI=1S/C12H14ClN3O2S2/c1-3-18-12(17)9-10(14)15-20-11(9)16(2)6-7-4-5-8(13)19-7/h4-5H,3,6H2,1-2H3,(H2,14,15). The van der Waals surface area contributed by atoms with Crippen LogP contribution < -0.4 is 10.6 Å². The van der Waals surface area contributed by atoms with Crippen molar-refractivity contribution in [3.63, 3.8) is 0 Å². The van der Waals surface area contributed by atoms with Gasteiger partial charge in [-0.15, -0.1) is 11.3 Å². The molecule has 2 aromatic rings. The molecule has 2 aromatic heterocycles. The predicted molar refractivity (Wildman–Crippen MR) is 83.9 cm³/mol. The molecule has 8 heteroatoms. The summed E-state index contributed by atoms with van der Waals surface area (Å²) in [5.74, 6) is -0.232. The molecule has 108 valence electrons. The molecule has 0 atom stereocenters. The van der Waals surface area contributed by atoms with Crippen LogP contribution in [-0.2, 0) is 11.3 Å². The van der Waals surface area contributed by atoms with E-state index < -0.39 is 5.97 Å². The van der Waals surface area contributed by atoms with Crippen molar-refractivity contribution in [2.45, 2.75) is 13.5 Å². The molecule has 0 aliphatic heterocycles. The molecule has 2 N–H and O–H groups in total. The second-order valence-corrected chi connectivity index (χ2v) is 6.58. The molecule has 0 fully saturated rings. The number of rotatable bonds is 5. The molecular formula is C12H14ClN3O2S2. The summed E-state index contributed by atoms with van der Waals surface area (Å²) in [4.78, 5) is 14.9. The van der Waals surface area contributed by atoms with Crippen molar-refractivity contribution in [2.75, 3.05) is 24.3 Å². The molecular weight excluding hydrogens is 318 g/mol.